The summed E-state index contributed by atoms with van der Waals surface area (Å²) in [6.07, 6.45) is 0. The van der Waals surface area contributed by atoms with Gasteiger partial charge in [-0.05, 0) is 131 Å². The van der Waals surface area contributed by atoms with E-state index in [2.05, 4.69) is 0 Å². The van der Waals surface area contributed by atoms with E-state index in [1.54, 1.807) is 19.6 Å². The average molecular weight is 1180 g/mol. The molecule has 0 radical (unpaired) electrons. The van der Waals surface area contributed by atoms with Gasteiger partial charge in [-0.2, -0.15) is 0 Å². The molecule has 12 heteroatoms. The Morgan fingerprint density at radius 2 is 0.398 bits per heavy atom. The number of hydrogen-bond donors (Lipinski definition) is 0. The fraction of sp³-hybridized carbons (Fsp3) is 0.158. The van der Waals surface area contributed by atoms with Gasteiger partial charge in [0, 0.05) is 79.3 Å². The molecular weight excluding hydrogens is 1120 g/mol. The predicted molar refractivity (Wildman–Crippen MR) is 345 cm³/mol. The maximum atomic E-state index is 16.2. The van der Waals surface area contributed by atoms with Gasteiger partial charge in [-0.1, -0.05) is 152 Å². The molecular formula is C76H62F8N4. The van der Waals surface area contributed by atoms with Gasteiger partial charge in [-0.15, -0.1) is 0 Å². The second-order valence-corrected chi connectivity index (χ2v) is 23.6. The summed E-state index contributed by atoms with van der Waals surface area (Å²) in [6.45, 7) is 16.2. The van der Waals surface area contributed by atoms with Crippen LogP contribution in [0.4, 0.5) is 103 Å². The molecule has 4 nitrogen and oxygen atoms in total. The number of anilines is 12. The summed E-state index contributed by atoms with van der Waals surface area (Å²) in [5, 5.41) is 3.27. The molecule has 88 heavy (non-hydrogen) atoms. The zero-order valence-corrected chi connectivity index (χ0v) is 49.8. The van der Waals surface area contributed by atoms with Gasteiger partial charge in [-0.3, -0.25) is 0 Å². The average Bonchev–Trinajstić information content (AvgIpc) is 0.718. The molecule has 0 aromatic heterocycles. The van der Waals surface area contributed by atoms with Gasteiger partial charge >= 0.3 is 0 Å². The summed E-state index contributed by atoms with van der Waals surface area (Å²) < 4.78 is 129. The van der Waals surface area contributed by atoms with Gasteiger partial charge in [0.25, 0.3) is 0 Å². The third-order valence-electron chi connectivity index (χ3n) is 16.4. The van der Waals surface area contributed by atoms with Crippen LogP contribution in [0.2, 0.25) is 0 Å². The first-order valence-corrected chi connectivity index (χ1v) is 29.4. The zero-order valence-electron chi connectivity index (χ0n) is 49.8. The monoisotopic (exact) mass is 1180 g/mol. The minimum Gasteiger partial charge on any atom is -0.309 e. The first-order valence-electron chi connectivity index (χ1n) is 29.4. The van der Waals surface area contributed by atoms with Crippen LogP contribution in [0.5, 0.6) is 0 Å². The molecule has 0 atom stereocenters. The molecule has 12 rings (SSSR count). The van der Waals surface area contributed by atoms with Crippen LogP contribution in [0.1, 0.15) is 101 Å². The number of halogens is 8. The van der Waals surface area contributed by atoms with Gasteiger partial charge in [0.2, 0.25) is 0 Å². The summed E-state index contributed by atoms with van der Waals surface area (Å²) in [5.74, 6) is -7.29. The van der Waals surface area contributed by atoms with Gasteiger partial charge in [0.15, 0.2) is 0 Å². The SMILES string of the molecule is CC(C)c1ccccc1N(c1cc(F)cc(F)c1)c1cc(N(c2cc(F)cc(F)c2)c2ccccc2C(C)C)c2ccc3c(N(c4cc(F)cc(F)c4)c4ccccc4C(C)C)cc(N(c4cc(F)cc(F)c4)c4ccccc4C(C)C)c4ccc1c2c43. The van der Waals surface area contributed by atoms with E-state index in [1.807, 2.05) is 189 Å². The lowest BCUT2D eigenvalue weighted by Crippen LogP contribution is -2.18. The second-order valence-electron chi connectivity index (χ2n) is 23.6. The Kier molecular flexibility index (Phi) is 15.7. The molecule has 0 heterocycles. The molecule has 0 fully saturated rings. The van der Waals surface area contributed by atoms with Gasteiger partial charge in [-0.25, -0.2) is 35.1 Å². The van der Waals surface area contributed by atoms with Crippen molar-refractivity contribution in [3.8, 4) is 0 Å². The molecule has 442 valence electrons. The topological polar surface area (TPSA) is 13.0 Å². The van der Waals surface area contributed by atoms with Crippen molar-refractivity contribution in [1.29, 1.82) is 0 Å². The smallest absolute Gasteiger partial charge is 0.128 e. The molecule has 0 aliphatic rings. The zero-order chi connectivity index (χ0) is 62.0. The van der Waals surface area contributed by atoms with Crippen molar-refractivity contribution in [2.24, 2.45) is 0 Å². The van der Waals surface area contributed by atoms with Gasteiger partial charge < -0.3 is 19.6 Å². The van der Waals surface area contributed by atoms with Crippen LogP contribution < -0.4 is 19.6 Å². The maximum Gasteiger partial charge on any atom is 0.128 e. The minimum atomic E-state index is -0.844. The lowest BCUT2D eigenvalue weighted by molar-refractivity contribution is 0.583. The summed E-state index contributed by atoms with van der Waals surface area (Å²) in [6, 6.07) is 55.0. The quantitative estimate of drug-likeness (QED) is 0.0706. The normalized spacial score (nSPS) is 11.8. The van der Waals surface area contributed by atoms with E-state index in [0.29, 0.717) is 77.8 Å². The Labute approximate surface area is 507 Å². The van der Waals surface area contributed by atoms with Gasteiger partial charge in [0.05, 0.1) is 45.5 Å². The van der Waals surface area contributed by atoms with E-state index in [1.165, 1.54) is 48.5 Å². The highest BCUT2D eigenvalue weighted by atomic mass is 19.2. The highest BCUT2D eigenvalue weighted by molar-refractivity contribution is 6.33. The molecule has 0 N–H and O–H groups in total. The van der Waals surface area contributed by atoms with E-state index in [0.717, 1.165) is 46.5 Å². The van der Waals surface area contributed by atoms with Crippen LogP contribution in [0.15, 0.2) is 206 Å². The lowest BCUT2D eigenvalue weighted by atomic mass is 9.88. The third-order valence-corrected chi connectivity index (χ3v) is 16.4. The summed E-state index contributed by atoms with van der Waals surface area (Å²) in [7, 11) is 0. The largest absolute Gasteiger partial charge is 0.309 e. The first-order chi connectivity index (χ1) is 42.2. The predicted octanol–water partition coefficient (Wildman–Crippen LogP) is 24.1. The molecule has 12 aromatic carbocycles. The minimum absolute atomic E-state index is 0.119. The Morgan fingerprint density at radius 3 is 0.580 bits per heavy atom. The van der Waals surface area contributed by atoms with Crippen molar-refractivity contribution in [3.05, 3.63) is 275 Å². The van der Waals surface area contributed by atoms with Crippen molar-refractivity contribution in [1.82, 2.24) is 0 Å². The van der Waals surface area contributed by atoms with Crippen molar-refractivity contribution in [2.45, 2.75) is 79.1 Å². The van der Waals surface area contributed by atoms with Gasteiger partial charge in [0.1, 0.15) is 46.5 Å². The number of rotatable bonds is 16. The fourth-order valence-electron chi connectivity index (χ4n) is 12.7. The molecule has 0 unspecified atom stereocenters. The summed E-state index contributed by atoms with van der Waals surface area (Å²) >= 11 is 0. The van der Waals surface area contributed by atoms with Crippen LogP contribution in [0.25, 0.3) is 32.3 Å². The Balaban J connectivity index is 1.37. The molecule has 0 bridgehead atoms. The van der Waals surface area contributed by atoms with Crippen LogP contribution in [-0.4, -0.2) is 0 Å². The number of para-hydroxylation sites is 4. The second kappa shape index (κ2) is 23.5. The summed E-state index contributed by atoms with van der Waals surface area (Å²) in [5.41, 5.74) is 7.64. The molecule has 0 amide bonds. The van der Waals surface area contributed by atoms with Crippen LogP contribution in [-0.2, 0) is 0 Å². The fourth-order valence-corrected chi connectivity index (χ4v) is 12.7. The van der Waals surface area contributed by atoms with E-state index in [4.69, 9.17) is 0 Å². The van der Waals surface area contributed by atoms with E-state index >= 15 is 35.1 Å². The highest BCUT2D eigenvalue weighted by Gasteiger charge is 2.33. The maximum absolute atomic E-state index is 16.2. The molecule has 12 aromatic rings. The molecule has 0 aliphatic carbocycles. The van der Waals surface area contributed by atoms with E-state index in [-0.39, 0.29) is 46.4 Å². The van der Waals surface area contributed by atoms with Crippen molar-refractivity contribution in [3.63, 3.8) is 0 Å². The van der Waals surface area contributed by atoms with Crippen LogP contribution >= 0.6 is 0 Å². The number of benzene rings is 12. The van der Waals surface area contributed by atoms with Crippen molar-refractivity contribution >= 4 is 101 Å². The molecule has 0 aliphatic heterocycles. The number of nitrogens with zero attached hydrogens (tertiary/aromatic N) is 4. The molecule has 0 saturated carbocycles. The first kappa shape index (κ1) is 58.7. The van der Waals surface area contributed by atoms with Crippen molar-refractivity contribution in [2.75, 3.05) is 19.6 Å². The summed E-state index contributed by atoms with van der Waals surface area (Å²) in [4.78, 5) is 7.22. The van der Waals surface area contributed by atoms with Crippen LogP contribution in [0.3, 0.4) is 0 Å². The standard InChI is InChI=1S/C76H62F8N4/c1-43(2)59-17-9-13-21-67(59)85(55-33-47(77)29-48(78)34-55)71-41-72(86(56-35-49(79)30-50(80)36-56)68-22-14-10-18-60(68)44(3)4)64-27-28-66-74(88(58-39-53(83)32-54(84)40-58)70-24-16-12-20-62(70)46(7)8)42-73(65-26-25-63(71)75(64)76(65)66)87(57-37-51(81)31-52(82)38-57)69-23-15-11-19-61(69)45(5)6/h9-46H,1-8H3. The van der Waals surface area contributed by atoms with Crippen molar-refractivity contribution < 1.29 is 35.1 Å². The van der Waals surface area contributed by atoms with Crippen LogP contribution in [0, 0.1) is 46.5 Å². The Hall–Kier alpha value is -9.68. The van der Waals surface area contributed by atoms with E-state index < -0.39 is 46.5 Å². The molecule has 0 saturated heterocycles. The Bertz CT molecular complexity index is 3980. The lowest BCUT2D eigenvalue weighted by Gasteiger charge is -2.36. The van der Waals surface area contributed by atoms with E-state index in [9.17, 15) is 0 Å². The number of hydrogen-bond acceptors (Lipinski definition) is 4. The highest BCUT2D eigenvalue weighted by Crippen LogP contribution is 2.57. The third kappa shape index (κ3) is 10.8. The molecule has 0 spiro atoms. The Morgan fingerprint density at radius 1 is 0.216 bits per heavy atom.